The molecule has 0 saturated heterocycles. The van der Waals surface area contributed by atoms with E-state index >= 15 is 0 Å². The van der Waals surface area contributed by atoms with Crippen LogP contribution in [0.15, 0.2) is 0 Å². The highest BCUT2D eigenvalue weighted by Gasteiger charge is 2.16. The Balaban J connectivity index is 2.62. The molecule has 0 fully saturated rings. The van der Waals surface area contributed by atoms with Crippen molar-refractivity contribution in [2.75, 3.05) is 25.4 Å². The van der Waals surface area contributed by atoms with Gasteiger partial charge in [-0.05, 0) is 19.8 Å². The standard InChI is InChI=1S/C15H27N5O/c1-11(2)8-19(7-5-6-16)9-14(21)10-20-13(4)15(17)12(3)18-20/h11,14,21H,5,7-10,17H2,1-4H3. The van der Waals surface area contributed by atoms with E-state index in [4.69, 9.17) is 11.0 Å². The second kappa shape index (κ2) is 8.01. The third kappa shape index (κ3) is 5.37. The molecule has 1 heterocycles. The number of hydrogen-bond acceptors (Lipinski definition) is 5. The molecule has 21 heavy (non-hydrogen) atoms. The molecule has 1 atom stereocenters. The molecular weight excluding hydrogens is 266 g/mol. The molecule has 0 aliphatic rings. The zero-order chi connectivity index (χ0) is 16.0. The Kier molecular flexibility index (Phi) is 6.66. The molecule has 0 aromatic carbocycles. The van der Waals surface area contributed by atoms with Crippen molar-refractivity contribution >= 4 is 5.69 Å². The van der Waals surface area contributed by atoms with E-state index in [1.54, 1.807) is 4.68 Å². The molecule has 1 aromatic rings. The first-order chi connectivity index (χ1) is 9.85. The summed E-state index contributed by atoms with van der Waals surface area (Å²) in [5.41, 5.74) is 8.27. The molecule has 0 aliphatic heterocycles. The topological polar surface area (TPSA) is 91.1 Å². The smallest absolute Gasteiger partial charge is 0.0862 e. The molecule has 0 saturated carbocycles. The van der Waals surface area contributed by atoms with Crippen molar-refractivity contribution in [3.63, 3.8) is 0 Å². The summed E-state index contributed by atoms with van der Waals surface area (Å²) in [5, 5.41) is 23.3. The molecule has 1 rings (SSSR count). The van der Waals surface area contributed by atoms with Gasteiger partial charge in [-0.2, -0.15) is 10.4 Å². The van der Waals surface area contributed by atoms with Crippen LogP contribution in [0.2, 0.25) is 0 Å². The van der Waals surface area contributed by atoms with Gasteiger partial charge in [-0.3, -0.25) is 9.58 Å². The minimum atomic E-state index is -0.528. The molecular formula is C15H27N5O. The first-order valence-electron chi connectivity index (χ1n) is 7.42. The van der Waals surface area contributed by atoms with E-state index < -0.39 is 6.10 Å². The van der Waals surface area contributed by atoms with Crippen molar-refractivity contribution in [3.05, 3.63) is 11.4 Å². The van der Waals surface area contributed by atoms with Crippen LogP contribution in [-0.2, 0) is 6.54 Å². The van der Waals surface area contributed by atoms with E-state index in [2.05, 4.69) is 29.9 Å². The number of rotatable bonds is 8. The molecule has 0 radical (unpaired) electrons. The zero-order valence-electron chi connectivity index (χ0n) is 13.5. The molecule has 118 valence electrons. The predicted molar refractivity (Wildman–Crippen MR) is 83.6 cm³/mol. The van der Waals surface area contributed by atoms with E-state index in [9.17, 15) is 5.11 Å². The predicted octanol–water partition coefficient (Wildman–Crippen LogP) is 1.31. The minimum Gasteiger partial charge on any atom is -0.396 e. The number of nitrogens with zero attached hydrogens (tertiary/aromatic N) is 4. The summed E-state index contributed by atoms with van der Waals surface area (Å²) in [5.74, 6) is 0.500. The SMILES string of the molecule is Cc1nn(CC(O)CN(CCC#N)CC(C)C)c(C)c1N. The van der Waals surface area contributed by atoms with Gasteiger partial charge in [0, 0.05) is 26.1 Å². The summed E-state index contributed by atoms with van der Waals surface area (Å²) in [6.45, 7) is 10.6. The Labute approximate surface area is 127 Å². The van der Waals surface area contributed by atoms with Crippen LogP contribution in [0.4, 0.5) is 5.69 Å². The summed E-state index contributed by atoms with van der Waals surface area (Å²) in [6, 6.07) is 2.16. The largest absolute Gasteiger partial charge is 0.396 e. The van der Waals surface area contributed by atoms with E-state index in [0.717, 1.165) is 17.9 Å². The number of hydrogen-bond donors (Lipinski definition) is 2. The van der Waals surface area contributed by atoms with Crippen LogP contribution in [0, 0.1) is 31.1 Å². The van der Waals surface area contributed by atoms with Gasteiger partial charge in [0.25, 0.3) is 0 Å². The van der Waals surface area contributed by atoms with E-state index in [-0.39, 0.29) is 0 Å². The van der Waals surface area contributed by atoms with Gasteiger partial charge in [0.2, 0.25) is 0 Å². The maximum Gasteiger partial charge on any atom is 0.0862 e. The highest BCUT2D eigenvalue weighted by atomic mass is 16.3. The number of aliphatic hydroxyl groups is 1. The number of anilines is 1. The maximum atomic E-state index is 10.3. The van der Waals surface area contributed by atoms with Crippen molar-refractivity contribution in [2.45, 2.75) is 46.8 Å². The molecule has 6 heteroatoms. The summed E-state index contributed by atoms with van der Waals surface area (Å²) in [6.07, 6.45) is -0.0495. The van der Waals surface area contributed by atoms with Gasteiger partial charge in [-0.1, -0.05) is 13.8 Å². The average molecular weight is 293 g/mol. The molecule has 6 nitrogen and oxygen atoms in total. The third-order valence-corrected chi connectivity index (χ3v) is 3.45. The first-order valence-corrected chi connectivity index (χ1v) is 7.42. The number of aliphatic hydroxyl groups excluding tert-OH is 1. The second-order valence-electron chi connectivity index (χ2n) is 5.98. The normalized spacial score (nSPS) is 12.9. The van der Waals surface area contributed by atoms with Gasteiger partial charge in [-0.15, -0.1) is 0 Å². The van der Waals surface area contributed by atoms with Crippen LogP contribution in [0.5, 0.6) is 0 Å². The van der Waals surface area contributed by atoms with Crippen molar-refractivity contribution in [3.8, 4) is 6.07 Å². The summed E-state index contributed by atoms with van der Waals surface area (Å²) in [7, 11) is 0. The third-order valence-electron chi connectivity index (χ3n) is 3.45. The summed E-state index contributed by atoms with van der Waals surface area (Å²) < 4.78 is 1.76. The lowest BCUT2D eigenvalue weighted by atomic mass is 10.2. The molecule has 1 unspecified atom stereocenters. The fourth-order valence-corrected chi connectivity index (χ4v) is 2.43. The van der Waals surface area contributed by atoms with Crippen molar-refractivity contribution in [2.24, 2.45) is 5.92 Å². The highest BCUT2D eigenvalue weighted by molar-refractivity contribution is 5.46. The lowest BCUT2D eigenvalue weighted by Crippen LogP contribution is -2.37. The van der Waals surface area contributed by atoms with Crippen LogP contribution in [0.25, 0.3) is 0 Å². The number of nitriles is 1. The Hall–Kier alpha value is -1.58. The number of aromatic nitrogens is 2. The second-order valence-corrected chi connectivity index (χ2v) is 5.98. The Morgan fingerprint density at radius 3 is 2.52 bits per heavy atom. The molecule has 0 amide bonds. The number of nitrogen functional groups attached to an aromatic ring is 1. The Morgan fingerprint density at radius 2 is 2.05 bits per heavy atom. The quantitative estimate of drug-likeness (QED) is 0.754. The van der Waals surface area contributed by atoms with Gasteiger partial charge in [-0.25, -0.2) is 0 Å². The lowest BCUT2D eigenvalue weighted by molar-refractivity contribution is 0.0897. The van der Waals surface area contributed by atoms with Gasteiger partial charge < -0.3 is 10.8 Å². The number of aryl methyl sites for hydroxylation is 1. The summed E-state index contributed by atoms with van der Waals surface area (Å²) in [4.78, 5) is 2.13. The molecule has 0 spiro atoms. The first kappa shape index (κ1) is 17.5. The Bertz CT molecular complexity index is 489. The van der Waals surface area contributed by atoms with Crippen LogP contribution in [-0.4, -0.2) is 45.5 Å². The zero-order valence-corrected chi connectivity index (χ0v) is 13.5. The Morgan fingerprint density at radius 1 is 1.38 bits per heavy atom. The van der Waals surface area contributed by atoms with Gasteiger partial charge in [0.15, 0.2) is 0 Å². The van der Waals surface area contributed by atoms with Gasteiger partial charge in [0.05, 0.1) is 35.8 Å². The van der Waals surface area contributed by atoms with Crippen LogP contribution < -0.4 is 5.73 Å². The molecule has 0 bridgehead atoms. The van der Waals surface area contributed by atoms with Crippen molar-refractivity contribution < 1.29 is 5.11 Å². The molecule has 1 aromatic heterocycles. The fraction of sp³-hybridized carbons (Fsp3) is 0.733. The van der Waals surface area contributed by atoms with Gasteiger partial charge >= 0.3 is 0 Å². The van der Waals surface area contributed by atoms with E-state index in [1.165, 1.54) is 0 Å². The fourth-order valence-electron chi connectivity index (χ4n) is 2.43. The van der Waals surface area contributed by atoms with Crippen LogP contribution in [0.1, 0.15) is 31.7 Å². The monoisotopic (exact) mass is 293 g/mol. The molecule has 3 N–H and O–H groups in total. The average Bonchev–Trinajstić information content (AvgIpc) is 2.63. The van der Waals surface area contributed by atoms with E-state index in [1.807, 2.05) is 13.8 Å². The summed E-state index contributed by atoms with van der Waals surface area (Å²) >= 11 is 0. The van der Waals surface area contributed by atoms with Crippen molar-refractivity contribution in [1.82, 2.24) is 14.7 Å². The van der Waals surface area contributed by atoms with Crippen LogP contribution >= 0.6 is 0 Å². The van der Waals surface area contributed by atoms with Crippen molar-refractivity contribution in [1.29, 1.82) is 5.26 Å². The highest BCUT2D eigenvalue weighted by Crippen LogP contribution is 2.15. The minimum absolute atomic E-state index is 0.422. The van der Waals surface area contributed by atoms with E-state index in [0.29, 0.717) is 37.7 Å². The number of nitrogens with two attached hydrogens (primary N) is 1. The maximum absolute atomic E-state index is 10.3. The van der Waals surface area contributed by atoms with Crippen LogP contribution in [0.3, 0.4) is 0 Å². The lowest BCUT2D eigenvalue weighted by Gasteiger charge is -2.26. The molecule has 0 aliphatic carbocycles. The van der Waals surface area contributed by atoms with Gasteiger partial charge in [0.1, 0.15) is 0 Å².